The molecule has 28 heavy (non-hydrogen) atoms. The molecule has 6 heteroatoms. The maximum absolute atomic E-state index is 12.1. The number of thiazole rings is 1. The van der Waals surface area contributed by atoms with Gasteiger partial charge in [-0.1, -0.05) is 30.3 Å². The molecule has 0 bridgehead atoms. The minimum atomic E-state index is -0.371. The van der Waals surface area contributed by atoms with Crippen molar-refractivity contribution in [1.82, 2.24) is 4.98 Å². The number of nitriles is 1. The van der Waals surface area contributed by atoms with Crippen LogP contribution in [-0.2, 0) is 11.3 Å². The van der Waals surface area contributed by atoms with Crippen LogP contribution in [0.25, 0.3) is 10.6 Å². The molecule has 2 aromatic carbocycles. The second-order valence-electron chi connectivity index (χ2n) is 6.21. The van der Waals surface area contributed by atoms with Crippen LogP contribution >= 0.6 is 11.3 Å². The summed E-state index contributed by atoms with van der Waals surface area (Å²) in [6.07, 6.45) is 0. The van der Waals surface area contributed by atoms with Gasteiger partial charge < -0.3 is 9.47 Å². The van der Waals surface area contributed by atoms with Crippen molar-refractivity contribution in [2.75, 3.05) is 6.61 Å². The number of nitrogens with zero attached hydrogens (tertiary/aromatic N) is 2. The molecule has 3 rings (SSSR count). The van der Waals surface area contributed by atoms with Gasteiger partial charge in [0.1, 0.15) is 28.3 Å². The van der Waals surface area contributed by atoms with Gasteiger partial charge in [-0.15, -0.1) is 11.3 Å². The number of carbonyl (C=O) groups excluding carboxylic acids is 1. The lowest BCUT2D eigenvalue weighted by Gasteiger charge is -2.12. The van der Waals surface area contributed by atoms with Crippen molar-refractivity contribution in [2.45, 2.75) is 27.4 Å². The van der Waals surface area contributed by atoms with Gasteiger partial charge in [-0.25, -0.2) is 9.78 Å². The van der Waals surface area contributed by atoms with E-state index in [2.05, 4.69) is 11.1 Å². The number of aromatic nitrogens is 1. The fourth-order valence-electron chi connectivity index (χ4n) is 2.81. The zero-order chi connectivity index (χ0) is 20.1. The molecule has 0 fully saturated rings. The monoisotopic (exact) mass is 392 g/mol. The Bertz CT molecular complexity index is 1040. The van der Waals surface area contributed by atoms with Gasteiger partial charge in [0.2, 0.25) is 0 Å². The first-order valence-electron chi connectivity index (χ1n) is 8.89. The van der Waals surface area contributed by atoms with Gasteiger partial charge in [-0.05, 0) is 44.0 Å². The second-order valence-corrected chi connectivity index (χ2v) is 7.21. The van der Waals surface area contributed by atoms with Crippen molar-refractivity contribution in [3.05, 3.63) is 69.7 Å². The van der Waals surface area contributed by atoms with Gasteiger partial charge in [-0.3, -0.25) is 0 Å². The molecule has 0 spiro atoms. The number of hydrogen-bond donors (Lipinski definition) is 0. The average molecular weight is 392 g/mol. The van der Waals surface area contributed by atoms with Crippen LogP contribution in [0.4, 0.5) is 0 Å². The number of aryl methyl sites for hydroxylation is 2. The van der Waals surface area contributed by atoms with E-state index in [0.717, 1.165) is 16.7 Å². The molecule has 0 saturated carbocycles. The molecule has 0 amide bonds. The third-order valence-electron chi connectivity index (χ3n) is 4.13. The molecule has 1 aromatic heterocycles. The summed E-state index contributed by atoms with van der Waals surface area (Å²) in [7, 11) is 0. The Hall–Kier alpha value is -3.17. The Balaban J connectivity index is 1.90. The van der Waals surface area contributed by atoms with Gasteiger partial charge in [0.05, 0.1) is 17.9 Å². The van der Waals surface area contributed by atoms with Crippen LogP contribution in [0.5, 0.6) is 5.75 Å². The van der Waals surface area contributed by atoms with Gasteiger partial charge in [0.15, 0.2) is 0 Å². The van der Waals surface area contributed by atoms with Crippen molar-refractivity contribution in [3.8, 4) is 22.4 Å². The van der Waals surface area contributed by atoms with E-state index in [9.17, 15) is 10.1 Å². The van der Waals surface area contributed by atoms with E-state index in [1.807, 2.05) is 43.3 Å². The highest BCUT2D eigenvalue weighted by molar-refractivity contribution is 7.17. The van der Waals surface area contributed by atoms with Crippen molar-refractivity contribution >= 4 is 17.3 Å². The Kier molecular flexibility index (Phi) is 6.07. The van der Waals surface area contributed by atoms with Gasteiger partial charge in [-0.2, -0.15) is 5.26 Å². The number of ether oxygens (including phenoxy) is 2. The summed E-state index contributed by atoms with van der Waals surface area (Å²) < 4.78 is 11.0. The Morgan fingerprint density at radius 3 is 2.64 bits per heavy atom. The van der Waals surface area contributed by atoms with Gasteiger partial charge in [0.25, 0.3) is 0 Å². The van der Waals surface area contributed by atoms with Crippen molar-refractivity contribution in [2.24, 2.45) is 0 Å². The van der Waals surface area contributed by atoms with Crippen molar-refractivity contribution in [3.63, 3.8) is 0 Å². The average Bonchev–Trinajstić information content (AvgIpc) is 3.09. The molecule has 0 saturated heterocycles. The van der Waals surface area contributed by atoms with Gasteiger partial charge >= 0.3 is 5.97 Å². The van der Waals surface area contributed by atoms with E-state index in [1.165, 1.54) is 11.3 Å². The third kappa shape index (κ3) is 4.21. The van der Waals surface area contributed by atoms with Crippen LogP contribution in [0.1, 0.15) is 39.0 Å². The first-order valence-corrected chi connectivity index (χ1v) is 9.71. The van der Waals surface area contributed by atoms with Crippen molar-refractivity contribution < 1.29 is 14.3 Å². The Labute approximate surface area is 168 Å². The van der Waals surface area contributed by atoms with Crippen LogP contribution in [-0.4, -0.2) is 17.6 Å². The third-order valence-corrected chi connectivity index (χ3v) is 5.31. The summed E-state index contributed by atoms with van der Waals surface area (Å²) in [5.41, 5.74) is 3.72. The first-order chi connectivity index (χ1) is 13.5. The molecule has 3 aromatic rings. The molecule has 0 N–H and O–H groups in total. The fraction of sp³-hybridized carbons (Fsp3) is 0.227. The van der Waals surface area contributed by atoms with Crippen LogP contribution in [0.2, 0.25) is 0 Å². The summed E-state index contributed by atoms with van der Waals surface area (Å²) in [6.45, 7) is 6.15. The predicted molar refractivity (Wildman–Crippen MR) is 108 cm³/mol. The van der Waals surface area contributed by atoms with E-state index in [4.69, 9.17) is 9.47 Å². The molecule has 142 valence electrons. The highest BCUT2D eigenvalue weighted by atomic mass is 32.1. The highest BCUT2D eigenvalue weighted by Crippen LogP contribution is 2.34. The minimum absolute atomic E-state index is 0.316. The highest BCUT2D eigenvalue weighted by Gasteiger charge is 2.19. The van der Waals surface area contributed by atoms with Crippen LogP contribution in [0.3, 0.4) is 0 Å². The first kappa shape index (κ1) is 19.6. The minimum Gasteiger partial charge on any atom is -0.487 e. The summed E-state index contributed by atoms with van der Waals surface area (Å²) in [5, 5.41) is 10.3. The SMILES string of the molecule is CCOC(=O)c1sc(-c2cc(C)c(OCc3ccccc3)c(C#N)c2)nc1C. The lowest BCUT2D eigenvalue weighted by Crippen LogP contribution is -2.03. The molecule has 0 unspecified atom stereocenters. The zero-order valence-electron chi connectivity index (χ0n) is 16.0. The van der Waals surface area contributed by atoms with E-state index in [0.29, 0.717) is 40.1 Å². The maximum Gasteiger partial charge on any atom is 0.350 e. The number of hydrogen-bond acceptors (Lipinski definition) is 6. The second kappa shape index (κ2) is 8.68. The number of benzene rings is 2. The van der Waals surface area contributed by atoms with E-state index < -0.39 is 0 Å². The molecule has 0 radical (unpaired) electrons. The largest absolute Gasteiger partial charge is 0.487 e. The van der Waals surface area contributed by atoms with Crippen LogP contribution in [0, 0.1) is 25.2 Å². The molecule has 1 heterocycles. The van der Waals surface area contributed by atoms with Crippen molar-refractivity contribution in [1.29, 1.82) is 5.26 Å². The molecular weight excluding hydrogens is 372 g/mol. The number of rotatable bonds is 6. The summed E-state index contributed by atoms with van der Waals surface area (Å²) in [5.74, 6) is 0.192. The summed E-state index contributed by atoms with van der Waals surface area (Å²) in [4.78, 5) is 17.0. The Morgan fingerprint density at radius 2 is 1.96 bits per heavy atom. The lowest BCUT2D eigenvalue weighted by molar-refractivity contribution is 0.0531. The quantitative estimate of drug-likeness (QED) is 0.549. The summed E-state index contributed by atoms with van der Waals surface area (Å²) >= 11 is 1.27. The molecule has 0 atom stereocenters. The summed E-state index contributed by atoms with van der Waals surface area (Å²) in [6, 6.07) is 15.7. The molecule has 0 aliphatic heterocycles. The number of esters is 1. The standard InChI is InChI=1S/C22H20N2O3S/c1-4-26-22(25)20-15(3)24-21(28-20)17-10-14(2)19(18(11-17)12-23)27-13-16-8-6-5-7-9-16/h5-11H,4,13H2,1-3H3. The molecule has 5 nitrogen and oxygen atoms in total. The van der Waals surface area contributed by atoms with Crippen LogP contribution < -0.4 is 4.74 Å². The molecular formula is C22H20N2O3S. The Morgan fingerprint density at radius 1 is 1.21 bits per heavy atom. The van der Waals surface area contributed by atoms with Gasteiger partial charge in [0, 0.05) is 5.56 Å². The molecule has 0 aliphatic carbocycles. The topological polar surface area (TPSA) is 72.2 Å². The fourth-order valence-corrected chi connectivity index (χ4v) is 3.75. The lowest BCUT2D eigenvalue weighted by atomic mass is 10.1. The van der Waals surface area contributed by atoms with Crippen LogP contribution in [0.15, 0.2) is 42.5 Å². The molecule has 0 aliphatic rings. The predicted octanol–water partition coefficient (Wildman–Crippen LogP) is 5.05. The van der Waals surface area contributed by atoms with E-state index in [-0.39, 0.29) is 5.97 Å². The number of carbonyl (C=O) groups is 1. The normalized spacial score (nSPS) is 10.4. The zero-order valence-corrected chi connectivity index (χ0v) is 16.8. The smallest absolute Gasteiger partial charge is 0.350 e. The maximum atomic E-state index is 12.1. The van der Waals surface area contributed by atoms with E-state index in [1.54, 1.807) is 19.9 Å². The van der Waals surface area contributed by atoms with E-state index >= 15 is 0 Å².